The molecule has 4 rings (SSSR count). The molecule has 0 heterocycles. The minimum atomic E-state index is -0.525. The standard InChI is InChI=1S/C31H24N2O5/c32-25-11-15-27(16-12-25)37-29(34)19-5-21-1-7-23(8-2-21)31(36)24-9-3-22(4-10-24)6-20-30(35)38-28-17-13-26(33)14-18-28/h1-20H,32-33H2/b19-5+,20-6+. The van der Waals surface area contributed by atoms with Gasteiger partial charge in [0.05, 0.1) is 0 Å². The van der Waals surface area contributed by atoms with Crippen molar-refractivity contribution in [2.24, 2.45) is 0 Å². The number of hydrogen-bond acceptors (Lipinski definition) is 7. The molecular formula is C31H24N2O5. The molecule has 0 fully saturated rings. The Labute approximate surface area is 219 Å². The summed E-state index contributed by atoms with van der Waals surface area (Å²) in [4.78, 5) is 36.9. The van der Waals surface area contributed by atoms with E-state index < -0.39 is 11.9 Å². The van der Waals surface area contributed by atoms with Crippen molar-refractivity contribution >= 4 is 41.2 Å². The number of hydrogen-bond donors (Lipinski definition) is 2. The zero-order chi connectivity index (χ0) is 26.9. The maximum atomic E-state index is 12.9. The van der Waals surface area contributed by atoms with Crippen molar-refractivity contribution in [2.45, 2.75) is 0 Å². The Kier molecular flexibility index (Phi) is 8.11. The van der Waals surface area contributed by atoms with Crippen LogP contribution in [0.25, 0.3) is 12.2 Å². The maximum absolute atomic E-state index is 12.9. The number of carbonyl (C=O) groups is 3. The lowest BCUT2D eigenvalue weighted by Crippen LogP contribution is -2.04. The molecule has 7 nitrogen and oxygen atoms in total. The van der Waals surface area contributed by atoms with E-state index in [1.807, 2.05) is 0 Å². The summed E-state index contributed by atoms with van der Waals surface area (Å²) in [6, 6.07) is 26.7. The van der Waals surface area contributed by atoms with Crippen molar-refractivity contribution in [1.29, 1.82) is 0 Å². The normalized spacial score (nSPS) is 10.9. The van der Waals surface area contributed by atoms with Crippen LogP contribution in [0, 0.1) is 0 Å². The van der Waals surface area contributed by atoms with E-state index in [-0.39, 0.29) is 5.78 Å². The number of nitrogen functional groups attached to an aromatic ring is 2. The van der Waals surface area contributed by atoms with Crippen molar-refractivity contribution < 1.29 is 23.9 Å². The third kappa shape index (κ3) is 7.29. The number of anilines is 2. The summed E-state index contributed by atoms with van der Waals surface area (Å²) >= 11 is 0. The van der Waals surface area contributed by atoms with Gasteiger partial charge in [-0.1, -0.05) is 48.5 Å². The van der Waals surface area contributed by atoms with Crippen LogP contribution in [0.3, 0.4) is 0 Å². The summed E-state index contributed by atoms with van der Waals surface area (Å²) in [5.41, 5.74) is 14.9. The number of benzene rings is 4. The van der Waals surface area contributed by atoms with Crippen molar-refractivity contribution in [2.75, 3.05) is 11.5 Å². The quantitative estimate of drug-likeness (QED) is 0.109. The van der Waals surface area contributed by atoms with Gasteiger partial charge in [-0.2, -0.15) is 0 Å². The number of carbonyl (C=O) groups excluding carboxylic acids is 3. The van der Waals surface area contributed by atoms with Gasteiger partial charge in [-0.15, -0.1) is 0 Å². The lowest BCUT2D eigenvalue weighted by Gasteiger charge is -2.04. The summed E-state index contributed by atoms with van der Waals surface area (Å²) in [6.45, 7) is 0. The molecule has 0 unspecified atom stereocenters. The fourth-order valence-electron chi connectivity index (χ4n) is 3.36. The number of esters is 2. The predicted molar refractivity (Wildman–Crippen MR) is 147 cm³/mol. The minimum Gasteiger partial charge on any atom is -0.423 e. The molecule has 0 aromatic heterocycles. The third-order valence-corrected chi connectivity index (χ3v) is 5.37. The second-order valence-corrected chi connectivity index (χ2v) is 8.22. The molecular weight excluding hydrogens is 480 g/mol. The van der Waals surface area contributed by atoms with Crippen molar-refractivity contribution in [3.63, 3.8) is 0 Å². The lowest BCUT2D eigenvalue weighted by molar-refractivity contribution is -0.129. The smallest absolute Gasteiger partial charge is 0.336 e. The van der Waals surface area contributed by atoms with Crippen molar-refractivity contribution in [1.82, 2.24) is 0 Å². The van der Waals surface area contributed by atoms with Gasteiger partial charge in [0.2, 0.25) is 0 Å². The van der Waals surface area contributed by atoms with Crippen LogP contribution in [0.2, 0.25) is 0 Å². The van der Waals surface area contributed by atoms with Gasteiger partial charge in [-0.05, 0) is 71.8 Å². The van der Waals surface area contributed by atoms with Crippen molar-refractivity contribution in [3.05, 3.63) is 131 Å². The summed E-state index contributed by atoms with van der Waals surface area (Å²) in [7, 11) is 0. The molecule has 0 amide bonds. The van der Waals surface area contributed by atoms with Crippen LogP contribution >= 0.6 is 0 Å². The Hall–Kier alpha value is -5.43. The fraction of sp³-hybridized carbons (Fsp3) is 0. The van der Waals surface area contributed by atoms with Crippen LogP contribution in [0.5, 0.6) is 11.5 Å². The zero-order valence-electron chi connectivity index (χ0n) is 20.2. The lowest BCUT2D eigenvalue weighted by atomic mass is 10.0. The largest absolute Gasteiger partial charge is 0.423 e. The molecule has 0 bridgehead atoms. The van der Waals surface area contributed by atoms with Crippen LogP contribution in [0.4, 0.5) is 11.4 Å². The molecule has 4 N–H and O–H groups in total. The molecule has 188 valence electrons. The highest BCUT2D eigenvalue weighted by Gasteiger charge is 2.09. The van der Waals surface area contributed by atoms with E-state index in [0.717, 1.165) is 11.1 Å². The van der Waals surface area contributed by atoms with E-state index in [2.05, 4.69) is 0 Å². The molecule has 0 atom stereocenters. The summed E-state index contributed by atoms with van der Waals surface area (Å²) in [6.07, 6.45) is 5.83. The Balaban J connectivity index is 1.31. The highest BCUT2D eigenvalue weighted by Crippen LogP contribution is 2.17. The molecule has 0 aliphatic rings. The SMILES string of the molecule is Nc1ccc(OC(=O)/C=C/c2ccc(C(=O)c3ccc(/C=C/C(=O)Oc4ccc(N)cc4)cc3)cc2)cc1. The first-order valence-corrected chi connectivity index (χ1v) is 11.6. The second-order valence-electron chi connectivity index (χ2n) is 8.22. The Morgan fingerprint density at radius 3 is 1.18 bits per heavy atom. The van der Waals surface area contributed by atoms with Crippen LogP contribution in [-0.2, 0) is 9.59 Å². The van der Waals surface area contributed by atoms with Gasteiger partial charge in [-0.25, -0.2) is 9.59 Å². The van der Waals surface area contributed by atoms with Crippen LogP contribution in [-0.4, -0.2) is 17.7 Å². The van der Waals surface area contributed by atoms with Crippen LogP contribution < -0.4 is 20.9 Å². The highest BCUT2D eigenvalue weighted by molar-refractivity contribution is 6.09. The van der Waals surface area contributed by atoms with Gasteiger partial charge >= 0.3 is 11.9 Å². The molecule has 0 aliphatic carbocycles. The summed E-state index contributed by atoms with van der Waals surface area (Å²) in [5.74, 6) is -0.407. The average Bonchev–Trinajstić information content (AvgIpc) is 2.93. The monoisotopic (exact) mass is 504 g/mol. The predicted octanol–water partition coefficient (Wildman–Crippen LogP) is 5.32. The molecule has 0 aliphatic heterocycles. The maximum Gasteiger partial charge on any atom is 0.336 e. The second kappa shape index (κ2) is 12.0. The molecule has 7 heteroatoms. The number of nitrogens with two attached hydrogens (primary N) is 2. The molecule has 38 heavy (non-hydrogen) atoms. The Morgan fingerprint density at radius 2 is 0.842 bits per heavy atom. The van der Waals surface area contributed by atoms with E-state index in [1.54, 1.807) is 109 Å². The molecule has 0 saturated carbocycles. The fourth-order valence-corrected chi connectivity index (χ4v) is 3.36. The first-order chi connectivity index (χ1) is 18.4. The number of ether oxygens (including phenoxy) is 2. The van der Waals surface area contributed by atoms with E-state index in [4.69, 9.17) is 20.9 Å². The molecule has 4 aromatic carbocycles. The molecule has 0 spiro atoms. The number of ketones is 1. The Morgan fingerprint density at radius 1 is 0.500 bits per heavy atom. The highest BCUT2D eigenvalue weighted by atomic mass is 16.5. The summed E-state index contributed by atoms with van der Waals surface area (Å²) < 4.78 is 10.4. The van der Waals surface area contributed by atoms with E-state index in [0.29, 0.717) is 34.0 Å². The van der Waals surface area contributed by atoms with Crippen LogP contribution in [0.15, 0.2) is 109 Å². The van der Waals surface area contributed by atoms with Crippen molar-refractivity contribution in [3.8, 4) is 11.5 Å². The van der Waals surface area contributed by atoms with Gasteiger partial charge < -0.3 is 20.9 Å². The van der Waals surface area contributed by atoms with E-state index in [1.165, 1.54) is 12.2 Å². The van der Waals surface area contributed by atoms with Crippen LogP contribution in [0.1, 0.15) is 27.0 Å². The Bertz CT molecular complexity index is 1370. The third-order valence-electron chi connectivity index (χ3n) is 5.37. The first kappa shape index (κ1) is 25.7. The van der Waals surface area contributed by atoms with Gasteiger partial charge in [0, 0.05) is 34.7 Å². The summed E-state index contributed by atoms with van der Waals surface area (Å²) in [5, 5.41) is 0. The number of rotatable bonds is 8. The molecule has 4 aromatic rings. The van der Waals surface area contributed by atoms with Gasteiger partial charge in [0.15, 0.2) is 5.78 Å². The first-order valence-electron chi connectivity index (χ1n) is 11.6. The topological polar surface area (TPSA) is 122 Å². The minimum absolute atomic E-state index is 0.151. The van der Waals surface area contributed by atoms with E-state index in [9.17, 15) is 14.4 Å². The van der Waals surface area contributed by atoms with Gasteiger partial charge in [0.25, 0.3) is 0 Å². The average molecular weight is 505 g/mol. The van der Waals surface area contributed by atoms with E-state index >= 15 is 0 Å². The van der Waals surface area contributed by atoms with Gasteiger partial charge in [0.1, 0.15) is 11.5 Å². The van der Waals surface area contributed by atoms with Gasteiger partial charge in [-0.3, -0.25) is 4.79 Å². The zero-order valence-corrected chi connectivity index (χ0v) is 20.2. The molecule has 0 saturated heterocycles. The molecule has 0 radical (unpaired) electrons.